The van der Waals surface area contributed by atoms with Gasteiger partial charge >= 0.3 is 0 Å². The first-order chi connectivity index (χ1) is 11.1. The summed E-state index contributed by atoms with van der Waals surface area (Å²) in [6.07, 6.45) is 2.31. The van der Waals surface area contributed by atoms with Crippen LogP contribution in [0.25, 0.3) is 0 Å². The van der Waals surface area contributed by atoms with E-state index in [9.17, 15) is 9.59 Å². The molecule has 122 valence electrons. The van der Waals surface area contributed by atoms with Crippen LogP contribution < -0.4 is 21.1 Å². The number of ether oxygens (including phenoxy) is 1. The Kier molecular flexibility index (Phi) is 5.76. The molecule has 1 heterocycles. The largest absolute Gasteiger partial charge is 0.497 e. The third-order valence-corrected chi connectivity index (χ3v) is 3.10. The Morgan fingerprint density at radius 1 is 1.22 bits per heavy atom. The van der Waals surface area contributed by atoms with Crippen molar-refractivity contribution >= 4 is 23.2 Å². The highest BCUT2D eigenvalue weighted by molar-refractivity contribution is 6.05. The van der Waals surface area contributed by atoms with Crippen LogP contribution in [0.3, 0.4) is 0 Å². The van der Waals surface area contributed by atoms with Crippen molar-refractivity contribution < 1.29 is 18.7 Å². The minimum atomic E-state index is -0.405. The van der Waals surface area contributed by atoms with Crippen molar-refractivity contribution in [2.24, 2.45) is 5.73 Å². The van der Waals surface area contributed by atoms with E-state index in [0.717, 1.165) is 0 Å². The van der Waals surface area contributed by atoms with Gasteiger partial charge in [-0.2, -0.15) is 0 Å². The van der Waals surface area contributed by atoms with E-state index in [2.05, 4.69) is 10.6 Å². The molecule has 2 amide bonds. The number of methoxy groups -OCH3 is 1. The number of furan rings is 1. The zero-order chi connectivity index (χ0) is 16.7. The van der Waals surface area contributed by atoms with Gasteiger partial charge in [0.25, 0.3) is 5.91 Å². The highest BCUT2D eigenvalue weighted by atomic mass is 16.5. The second-order valence-corrected chi connectivity index (χ2v) is 4.78. The molecule has 0 aliphatic heterocycles. The molecular formula is C16H19N3O4. The maximum absolute atomic E-state index is 12.1. The Morgan fingerprint density at radius 3 is 2.70 bits per heavy atom. The number of rotatable bonds is 7. The molecule has 0 unspecified atom stereocenters. The molecule has 7 nitrogen and oxygen atoms in total. The summed E-state index contributed by atoms with van der Waals surface area (Å²) in [6.45, 7) is 0.438. The van der Waals surface area contributed by atoms with Crippen LogP contribution in [-0.2, 0) is 4.79 Å². The first-order valence-electron chi connectivity index (χ1n) is 7.17. The third-order valence-electron chi connectivity index (χ3n) is 3.10. The molecule has 23 heavy (non-hydrogen) atoms. The molecule has 0 atom stereocenters. The lowest BCUT2D eigenvalue weighted by molar-refractivity contribution is -0.116. The van der Waals surface area contributed by atoms with Crippen LogP contribution in [0, 0.1) is 0 Å². The Bertz CT molecular complexity index is 668. The summed E-state index contributed by atoms with van der Waals surface area (Å²) in [5, 5.41) is 5.45. The van der Waals surface area contributed by atoms with E-state index < -0.39 is 5.91 Å². The minimum absolute atomic E-state index is 0.182. The van der Waals surface area contributed by atoms with Crippen LogP contribution in [0.4, 0.5) is 11.4 Å². The van der Waals surface area contributed by atoms with Gasteiger partial charge in [0, 0.05) is 12.5 Å². The molecule has 0 saturated carbocycles. The van der Waals surface area contributed by atoms with E-state index in [1.165, 1.54) is 13.4 Å². The normalized spacial score (nSPS) is 10.2. The summed E-state index contributed by atoms with van der Waals surface area (Å²) in [5.74, 6) is 0.158. The van der Waals surface area contributed by atoms with E-state index >= 15 is 0 Å². The lowest BCUT2D eigenvalue weighted by Crippen LogP contribution is -2.17. The predicted octanol–water partition coefficient (Wildman–Crippen LogP) is 2.22. The van der Waals surface area contributed by atoms with Gasteiger partial charge in [0.05, 0.1) is 24.7 Å². The van der Waals surface area contributed by atoms with Crippen molar-refractivity contribution in [3.63, 3.8) is 0 Å². The van der Waals surface area contributed by atoms with Crippen LogP contribution >= 0.6 is 0 Å². The Morgan fingerprint density at radius 2 is 2.04 bits per heavy atom. The molecule has 0 aliphatic rings. The monoisotopic (exact) mass is 317 g/mol. The van der Waals surface area contributed by atoms with Crippen molar-refractivity contribution in [3.8, 4) is 5.75 Å². The van der Waals surface area contributed by atoms with Crippen molar-refractivity contribution in [1.29, 1.82) is 0 Å². The zero-order valence-corrected chi connectivity index (χ0v) is 12.8. The zero-order valence-electron chi connectivity index (χ0n) is 12.8. The molecule has 1 aromatic carbocycles. The molecule has 0 radical (unpaired) electrons. The Labute approximate surface area is 133 Å². The standard InChI is InChI=1S/C16H19N3O4/c1-22-11-6-7-12(19-16(21)14-4-3-9-23-14)13(10-11)18-15(20)5-2-8-17/h3-4,6-7,9-10H,2,5,8,17H2,1H3,(H,18,20)(H,19,21). The summed E-state index contributed by atoms with van der Waals surface area (Å²) in [7, 11) is 1.52. The molecule has 2 aromatic rings. The Balaban J connectivity index is 2.17. The lowest BCUT2D eigenvalue weighted by atomic mass is 10.2. The molecule has 0 aliphatic carbocycles. The molecule has 0 spiro atoms. The molecule has 0 bridgehead atoms. The van der Waals surface area contributed by atoms with Gasteiger partial charge < -0.3 is 25.5 Å². The van der Waals surface area contributed by atoms with Crippen molar-refractivity contribution in [2.75, 3.05) is 24.3 Å². The Hall–Kier alpha value is -2.80. The second kappa shape index (κ2) is 8.00. The van der Waals surface area contributed by atoms with Gasteiger partial charge in [0.1, 0.15) is 5.75 Å². The number of nitrogens with one attached hydrogen (secondary N) is 2. The van der Waals surface area contributed by atoms with Crippen LogP contribution in [0.5, 0.6) is 5.75 Å². The number of hydrogen-bond acceptors (Lipinski definition) is 5. The predicted molar refractivity (Wildman–Crippen MR) is 86.6 cm³/mol. The van der Waals surface area contributed by atoms with E-state index in [-0.39, 0.29) is 11.7 Å². The number of hydrogen-bond donors (Lipinski definition) is 3. The highest BCUT2D eigenvalue weighted by Gasteiger charge is 2.13. The molecule has 0 fully saturated rings. The quantitative estimate of drug-likeness (QED) is 0.726. The molecule has 0 saturated heterocycles. The van der Waals surface area contributed by atoms with Crippen molar-refractivity contribution in [3.05, 3.63) is 42.4 Å². The summed E-state index contributed by atoms with van der Waals surface area (Å²) in [5.41, 5.74) is 6.30. The van der Waals surface area contributed by atoms with Crippen LogP contribution in [0.1, 0.15) is 23.4 Å². The van der Waals surface area contributed by atoms with Gasteiger partial charge in [-0.1, -0.05) is 0 Å². The molecule has 7 heteroatoms. The van der Waals surface area contributed by atoms with E-state index in [1.54, 1.807) is 30.3 Å². The van der Waals surface area contributed by atoms with Gasteiger partial charge in [-0.15, -0.1) is 0 Å². The SMILES string of the molecule is COc1ccc(NC(=O)c2ccco2)c(NC(=O)CCCN)c1. The van der Waals surface area contributed by atoms with Crippen LogP contribution in [0.2, 0.25) is 0 Å². The maximum atomic E-state index is 12.1. The smallest absolute Gasteiger partial charge is 0.291 e. The average molecular weight is 317 g/mol. The summed E-state index contributed by atoms with van der Waals surface area (Å²) in [6, 6.07) is 8.15. The van der Waals surface area contributed by atoms with Gasteiger partial charge in [0.15, 0.2) is 5.76 Å². The molecule has 2 rings (SSSR count). The van der Waals surface area contributed by atoms with Gasteiger partial charge in [-0.25, -0.2) is 0 Å². The van der Waals surface area contributed by atoms with E-state index in [0.29, 0.717) is 36.5 Å². The molecule has 4 N–H and O–H groups in total. The highest BCUT2D eigenvalue weighted by Crippen LogP contribution is 2.27. The van der Waals surface area contributed by atoms with Crippen molar-refractivity contribution in [1.82, 2.24) is 0 Å². The van der Waals surface area contributed by atoms with Gasteiger partial charge in [-0.05, 0) is 37.2 Å². The fraction of sp³-hybridized carbons (Fsp3) is 0.250. The van der Waals surface area contributed by atoms with Crippen LogP contribution in [-0.4, -0.2) is 25.5 Å². The number of carbonyl (C=O) groups is 2. The summed E-state index contributed by atoms with van der Waals surface area (Å²) < 4.78 is 10.2. The number of anilines is 2. The number of nitrogens with two attached hydrogens (primary N) is 1. The first kappa shape index (κ1) is 16.6. The fourth-order valence-corrected chi connectivity index (χ4v) is 1.93. The fourth-order valence-electron chi connectivity index (χ4n) is 1.93. The lowest BCUT2D eigenvalue weighted by Gasteiger charge is -2.13. The third kappa shape index (κ3) is 4.58. The van der Waals surface area contributed by atoms with Crippen LogP contribution in [0.15, 0.2) is 41.0 Å². The summed E-state index contributed by atoms with van der Waals surface area (Å²) in [4.78, 5) is 24.0. The number of amides is 2. The van der Waals surface area contributed by atoms with Gasteiger partial charge in [-0.3, -0.25) is 9.59 Å². The topological polar surface area (TPSA) is 107 Å². The van der Waals surface area contributed by atoms with Gasteiger partial charge in [0.2, 0.25) is 5.91 Å². The van der Waals surface area contributed by atoms with E-state index in [1.807, 2.05) is 0 Å². The second-order valence-electron chi connectivity index (χ2n) is 4.78. The van der Waals surface area contributed by atoms with Crippen molar-refractivity contribution in [2.45, 2.75) is 12.8 Å². The minimum Gasteiger partial charge on any atom is -0.497 e. The average Bonchev–Trinajstić information content (AvgIpc) is 3.09. The number of carbonyl (C=O) groups excluding carboxylic acids is 2. The maximum Gasteiger partial charge on any atom is 0.291 e. The first-order valence-corrected chi connectivity index (χ1v) is 7.17. The van der Waals surface area contributed by atoms with E-state index in [4.69, 9.17) is 14.9 Å². The molecule has 1 aromatic heterocycles. The summed E-state index contributed by atoms with van der Waals surface area (Å²) >= 11 is 0. The number of benzene rings is 1. The molecular weight excluding hydrogens is 298 g/mol.